The summed E-state index contributed by atoms with van der Waals surface area (Å²) in [6.07, 6.45) is 2.15. The van der Waals surface area contributed by atoms with Gasteiger partial charge < -0.3 is 14.4 Å². The minimum Gasteiger partial charge on any atom is -0.380 e. The number of hydrogen-bond acceptors (Lipinski definition) is 4. The van der Waals surface area contributed by atoms with E-state index in [4.69, 9.17) is 9.47 Å². The molecule has 2 fully saturated rings. The highest BCUT2D eigenvalue weighted by Crippen LogP contribution is 2.15. The predicted molar refractivity (Wildman–Crippen MR) is 88.1 cm³/mol. The highest BCUT2D eigenvalue weighted by molar-refractivity contribution is 5.77. The highest BCUT2D eigenvalue weighted by atomic mass is 16.5. The first kappa shape index (κ1) is 16.4. The third-order valence-electron chi connectivity index (χ3n) is 4.64. The molecule has 0 spiro atoms. The van der Waals surface area contributed by atoms with Gasteiger partial charge in [0.2, 0.25) is 5.91 Å². The van der Waals surface area contributed by atoms with Gasteiger partial charge in [0, 0.05) is 38.8 Å². The number of nitrogens with zero attached hydrogens (tertiary/aromatic N) is 2. The minimum atomic E-state index is 0.102. The average Bonchev–Trinajstić information content (AvgIpc) is 3.00. The maximum atomic E-state index is 12.3. The lowest BCUT2D eigenvalue weighted by molar-refractivity contribution is -0.136. The summed E-state index contributed by atoms with van der Waals surface area (Å²) in [6, 6.07) is 10.5. The molecule has 126 valence electrons. The van der Waals surface area contributed by atoms with Crippen LogP contribution in [0.3, 0.4) is 0 Å². The molecule has 0 saturated carbocycles. The Bertz CT molecular complexity index is 488. The zero-order valence-corrected chi connectivity index (χ0v) is 13.7. The van der Waals surface area contributed by atoms with Crippen LogP contribution in [0.2, 0.25) is 0 Å². The van der Waals surface area contributed by atoms with Crippen molar-refractivity contribution in [2.24, 2.45) is 0 Å². The maximum absolute atomic E-state index is 12.3. The van der Waals surface area contributed by atoms with Crippen LogP contribution in [0.1, 0.15) is 18.4 Å². The number of benzene rings is 1. The van der Waals surface area contributed by atoms with Crippen LogP contribution in [-0.2, 0) is 20.9 Å². The van der Waals surface area contributed by atoms with Gasteiger partial charge in [0.05, 0.1) is 13.2 Å². The van der Waals surface area contributed by atoms with E-state index in [-0.39, 0.29) is 12.5 Å². The molecule has 2 heterocycles. The Hall–Kier alpha value is -1.43. The lowest BCUT2D eigenvalue weighted by Gasteiger charge is -2.26. The van der Waals surface area contributed by atoms with Gasteiger partial charge in [-0.05, 0) is 18.4 Å². The maximum Gasteiger partial charge on any atom is 0.248 e. The second-order valence-electron chi connectivity index (χ2n) is 6.27. The smallest absolute Gasteiger partial charge is 0.248 e. The summed E-state index contributed by atoms with van der Waals surface area (Å²) in [7, 11) is 0. The largest absolute Gasteiger partial charge is 0.380 e. The minimum absolute atomic E-state index is 0.102. The molecule has 0 bridgehead atoms. The van der Waals surface area contributed by atoms with Gasteiger partial charge in [0.25, 0.3) is 0 Å². The Kier molecular flexibility index (Phi) is 6.02. The zero-order valence-electron chi connectivity index (χ0n) is 13.7. The third-order valence-corrected chi connectivity index (χ3v) is 4.64. The molecule has 5 heteroatoms. The van der Waals surface area contributed by atoms with E-state index in [1.165, 1.54) is 0 Å². The van der Waals surface area contributed by atoms with Crippen LogP contribution in [-0.4, -0.2) is 67.7 Å². The molecule has 1 unspecified atom stereocenters. The van der Waals surface area contributed by atoms with Crippen LogP contribution in [0.15, 0.2) is 30.3 Å². The fourth-order valence-corrected chi connectivity index (χ4v) is 3.28. The average molecular weight is 318 g/mol. The fourth-order valence-electron chi connectivity index (χ4n) is 3.28. The molecule has 0 aliphatic carbocycles. The summed E-state index contributed by atoms with van der Waals surface area (Å²) < 4.78 is 11.1. The summed E-state index contributed by atoms with van der Waals surface area (Å²) in [4.78, 5) is 16.7. The van der Waals surface area contributed by atoms with Crippen LogP contribution >= 0.6 is 0 Å². The van der Waals surface area contributed by atoms with Gasteiger partial charge in [-0.1, -0.05) is 30.3 Å². The number of rotatable bonds is 5. The van der Waals surface area contributed by atoms with Crippen molar-refractivity contribution in [2.45, 2.75) is 25.5 Å². The van der Waals surface area contributed by atoms with Crippen molar-refractivity contribution in [1.82, 2.24) is 9.80 Å². The lowest BCUT2D eigenvalue weighted by atomic mass is 10.2. The zero-order chi connectivity index (χ0) is 15.9. The monoisotopic (exact) mass is 318 g/mol. The molecule has 1 amide bonds. The van der Waals surface area contributed by atoms with Crippen LogP contribution in [0, 0.1) is 0 Å². The molecule has 1 atom stereocenters. The standard InChI is InChI=1S/C18H26N2O3/c21-18(15-23-13-16-5-2-1-3-6-16)20-9-4-8-19(10-11-20)17-7-12-22-14-17/h1-3,5-6,17H,4,7-15H2. The normalized spacial score (nSPS) is 23.0. The lowest BCUT2D eigenvalue weighted by Crippen LogP contribution is -2.40. The van der Waals surface area contributed by atoms with E-state index in [9.17, 15) is 4.79 Å². The summed E-state index contributed by atoms with van der Waals surface area (Å²) in [6.45, 7) is 6.00. The first-order chi connectivity index (χ1) is 11.3. The molecular formula is C18H26N2O3. The predicted octanol–water partition coefficient (Wildman–Crippen LogP) is 1.53. The molecule has 0 aromatic heterocycles. The van der Waals surface area contributed by atoms with Gasteiger partial charge in [0.1, 0.15) is 6.61 Å². The first-order valence-electron chi connectivity index (χ1n) is 8.54. The number of ether oxygens (including phenoxy) is 2. The molecule has 0 radical (unpaired) electrons. The summed E-state index contributed by atoms with van der Waals surface area (Å²) in [5.74, 6) is 0.102. The molecular weight excluding hydrogens is 292 g/mol. The Morgan fingerprint density at radius 1 is 1.17 bits per heavy atom. The summed E-state index contributed by atoms with van der Waals surface area (Å²) in [5, 5.41) is 0. The molecule has 1 aromatic rings. The van der Waals surface area contributed by atoms with E-state index in [1.807, 2.05) is 35.2 Å². The quantitative estimate of drug-likeness (QED) is 0.826. The topological polar surface area (TPSA) is 42.0 Å². The number of amides is 1. The van der Waals surface area contributed by atoms with Crippen molar-refractivity contribution in [3.05, 3.63) is 35.9 Å². The van der Waals surface area contributed by atoms with Crippen molar-refractivity contribution in [1.29, 1.82) is 0 Å². The summed E-state index contributed by atoms with van der Waals surface area (Å²) in [5.41, 5.74) is 1.10. The van der Waals surface area contributed by atoms with Gasteiger partial charge in [-0.3, -0.25) is 9.69 Å². The SMILES string of the molecule is O=C(COCc1ccccc1)N1CCCN(C2CCOC2)CC1. The van der Waals surface area contributed by atoms with Gasteiger partial charge in [-0.15, -0.1) is 0 Å². The van der Waals surface area contributed by atoms with Crippen molar-refractivity contribution in [3.8, 4) is 0 Å². The van der Waals surface area contributed by atoms with Gasteiger partial charge in [0.15, 0.2) is 0 Å². The Morgan fingerprint density at radius 3 is 2.83 bits per heavy atom. The molecule has 0 N–H and O–H groups in total. The van der Waals surface area contributed by atoms with Crippen LogP contribution in [0.4, 0.5) is 0 Å². The van der Waals surface area contributed by atoms with Crippen molar-refractivity contribution >= 4 is 5.91 Å². The van der Waals surface area contributed by atoms with Gasteiger partial charge >= 0.3 is 0 Å². The molecule has 2 aliphatic heterocycles. The second kappa shape index (κ2) is 8.43. The molecule has 2 saturated heterocycles. The van der Waals surface area contributed by atoms with E-state index in [0.29, 0.717) is 12.6 Å². The van der Waals surface area contributed by atoms with E-state index < -0.39 is 0 Å². The van der Waals surface area contributed by atoms with Crippen LogP contribution in [0.25, 0.3) is 0 Å². The van der Waals surface area contributed by atoms with Crippen LogP contribution in [0.5, 0.6) is 0 Å². The first-order valence-corrected chi connectivity index (χ1v) is 8.54. The Balaban J connectivity index is 1.41. The molecule has 23 heavy (non-hydrogen) atoms. The van der Waals surface area contributed by atoms with E-state index in [2.05, 4.69) is 4.90 Å². The van der Waals surface area contributed by atoms with Crippen molar-refractivity contribution in [2.75, 3.05) is 46.0 Å². The second-order valence-corrected chi connectivity index (χ2v) is 6.27. The Morgan fingerprint density at radius 2 is 2.04 bits per heavy atom. The summed E-state index contributed by atoms with van der Waals surface area (Å²) >= 11 is 0. The molecule has 2 aliphatic rings. The third kappa shape index (κ3) is 4.77. The van der Waals surface area contributed by atoms with Crippen molar-refractivity contribution in [3.63, 3.8) is 0 Å². The van der Waals surface area contributed by atoms with Gasteiger partial charge in [-0.2, -0.15) is 0 Å². The van der Waals surface area contributed by atoms with Gasteiger partial charge in [-0.25, -0.2) is 0 Å². The van der Waals surface area contributed by atoms with Crippen LogP contribution < -0.4 is 0 Å². The number of carbonyl (C=O) groups is 1. The Labute approximate surface area is 138 Å². The molecule has 5 nitrogen and oxygen atoms in total. The number of hydrogen-bond donors (Lipinski definition) is 0. The van der Waals surface area contributed by atoms with E-state index >= 15 is 0 Å². The van der Waals surface area contributed by atoms with E-state index in [0.717, 1.165) is 57.8 Å². The molecule has 3 rings (SSSR count). The van der Waals surface area contributed by atoms with E-state index in [1.54, 1.807) is 0 Å². The fraction of sp³-hybridized carbons (Fsp3) is 0.611. The van der Waals surface area contributed by atoms with Crippen molar-refractivity contribution < 1.29 is 14.3 Å². The number of carbonyl (C=O) groups excluding carboxylic acids is 1. The highest BCUT2D eigenvalue weighted by Gasteiger charge is 2.26. The molecule has 1 aromatic carbocycles.